The maximum Gasteiger partial charge on any atom is 0.329 e. The number of benzene rings is 1. The molecule has 0 unspecified atom stereocenters. The lowest BCUT2D eigenvalue weighted by molar-refractivity contribution is -0.385. The molecule has 2 aromatic rings. The van der Waals surface area contributed by atoms with Crippen LogP contribution in [0.1, 0.15) is 25.1 Å². The highest BCUT2D eigenvalue weighted by Crippen LogP contribution is 2.32. The summed E-state index contributed by atoms with van der Waals surface area (Å²) in [5.41, 5.74) is 2.11. The Morgan fingerprint density at radius 2 is 2.15 bits per heavy atom. The number of aryl methyl sites for hydroxylation is 1. The maximum absolute atomic E-state index is 11.2. The van der Waals surface area contributed by atoms with Crippen LogP contribution in [0.2, 0.25) is 5.15 Å². The second-order valence-corrected chi connectivity index (χ2v) is 5.55. The molecule has 1 aromatic carbocycles. The summed E-state index contributed by atoms with van der Waals surface area (Å²) in [5, 5.41) is 15.6. The summed E-state index contributed by atoms with van der Waals surface area (Å²) in [7, 11) is 0. The third kappa shape index (κ3) is 2.82. The second kappa shape index (κ2) is 5.63. The molecule has 0 bridgehead atoms. The van der Waals surface area contributed by atoms with E-state index in [2.05, 4.69) is 5.10 Å². The van der Waals surface area contributed by atoms with E-state index in [-0.39, 0.29) is 16.8 Å². The molecule has 0 N–H and O–H groups in total. The molecule has 0 aliphatic carbocycles. The van der Waals surface area contributed by atoms with E-state index in [9.17, 15) is 10.1 Å². The normalized spacial score (nSPS) is 11.1. The molecule has 0 radical (unpaired) electrons. The maximum atomic E-state index is 11.2. The molecule has 20 heavy (non-hydrogen) atoms. The fraction of sp³-hybridized carbons (Fsp3) is 0.357. The molecular formula is C14H16ClN3O2. The van der Waals surface area contributed by atoms with E-state index in [0.717, 1.165) is 11.3 Å². The monoisotopic (exact) mass is 293 g/mol. The van der Waals surface area contributed by atoms with Crippen LogP contribution in [-0.4, -0.2) is 14.7 Å². The molecule has 1 heterocycles. The molecule has 0 aliphatic rings. The summed E-state index contributed by atoms with van der Waals surface area (Å²) in [6.45, 7) is 5.93. The first-order chi connectivity index (χ1) is 9.40. The van der Waals surface area contributed by atoms with Crippen molar-refractivity contribution in [1.82, 2.24) is 9.78 Å². The van der Waals surface area contributed by atoms with Crippen molar-refractivity contribution in [2.24, 2.45) is 5.92 Å². The van der Waals surface area contributed by atoms with Crippen molar-refractivity contribution in [3.63, 3.8) is 0 Å². The van der Waals surface area contributed by atoms with E-state index < -0.39 is 4.92 Å². The molecule has 0 atom stereocenters. The van der Waals surface area contributed by atoms with Crippen molar-refractivity contribution in [1.29, 1.82) is 0 Å². The van der Waals surface area contributed by atoms with Crippen LogP contribution in [0.5, 0.6) is 0 Å². The van der Waals surface area contributed by atoms with Gasteiger partial charge in [0, 0.05) is 6.42 Å². The topological polar surface area (TPSA) is 61.0 Å². The van der Waals surface area contributed by atoms with Gasteiger partial charge in [0.05, 0.1) is 10.6 Å². The fourth-order valence-corrected chi connectivity index (χ4v) is 2.38. The zero-order valence-corrected chi connectivity index (χ0v) is 12.4. The van der Waals surface area contributed by atoms with E-state index in [1.807, 2.05) is 45.0 Å². The number of halogens is 1. The molecule has 106 valence electrons. The van der Waals surface area contributed by atoms with Crippen molar-refractivity contribution in [2.75, 3.05) is 0 Å². The standard InChI is InChI=1S/C14H16ClN3O2/c1-9(2)7-12-13(18(19)20)14(15)17(16-12)11-6-4-5-10(3)8-11/h4-6,8-9H,7H2,1-3H3. The highest BCUT2D eigenvalue weighted by atomic mass is 35.5. The van der Waals surface area contributed by atoms with Crippen LogP contribution in [0.25, 0.3) is 5.69 Å². The van der Waals surface area contributed by atoms with Gasteiger partial charge in [0.1, 0.15) is 5.69 Å². The van der Waals surface area contributed by atoms with Gasteiger partial charge in [-0.2, -0.15) is 5.10 Å². The van der Waals surface area contributed by atoms with Crippen LogP contribution in [0.15, 0.2) is 24.3 Å². The van der Waals surface area contributed by atoms with Gasteiger partial charge >= 0.3 is 5.69 Å². The van der Waals surface area contributed by atoms with Gasteiger partial charge in [0.2, 0.25) is 5.15 Å². The first kappa shape index (κ1) is 14.5. The molecule has 5 nitrogen and oxygen atoms in total. The summed E-state index contributed by atoms with van der Waals surface area (Å²) in [6.07, 6.45) is 0.523. The Morgan fingerprint density at radius 1 is 1.45 bits per heavy atom. The van der Waals surface area contributed by atoms with Crippen molar-refractivity contribution in [3.05, 3.63) is 50.8 Å². The van der Waals surface area contributed by atoms with Gasteiger partial charge in [-0.3, -0.25) is 10.1 Å². The number of aromatic nitrogens is 2. The van der Waals surface area contributed by atoms with Gasteiger partial charge in [0.15, 0.2) is 0 Å². The van der Waals surface area contributed by atoms with Crippen molar-refractivity contribution in [3.8, 4) is 5.69 Å². The van der Waals surface area contributed by atoms with Crippen molar-refractivity contribution >= 4 is 17.3 Å². The van der Waals surface area contributed by atoms with Crippen molar-refractivity contribution < 1.29 is 4.92 Å². The highest BCUT2D eigenvalue weighted by Gasteiger charge is 2.27. The summed E-state index contributed by atoms with van der Waals surface area (Å²) >= 11 is 6.15. The molecular weight excluding hydrogens is 278 g/mol. The predicted octanol–water partition coefficient (Wildman–Crippen LogP) is 3.94. The Kier molecular flexibility index (Phi) is 4.09. The third-order valence-corrected chi connectivity index (χ3v) is 3.24. The molecule has 0 spiro atoms. The quantitative estimate of drug-likeness (QED) is 0.633. The van der Waals surface area contributed by atoms with Gasteiger partial charge in [-0.05, 0) is 30.5 Å². The Bertz CT molecular complexity index is 650. The Morgan fingerprint density at radius 3 is 2.70 bits per heavy atom. The number of rotatable bonds is 4. The minimum atomic E-state index is -0.459. The van der Waals surface area contributed by atoms with E-state index >= 15 is 0 Å². The lowest BCUT2D eigenvalue weighted by Gasteiger charge is -2.03. The Hall–Kier alpha value is -1.88. The lowest BCUT2D eigenvalue weighted by atomic mass is 10.1. The largest absolute Gasteiger partial charge is 0.329 e. The highest BCUT2D eigenvalue weighted by molar-refractivity contribution is 6.32. The fourth-order valence-electron chi connectivity index (χ4n) is 2.07. The van der Waals surface area contributed by atoms with E-state index in [1.165, 1.54) is 4.68 Å². The molecule has 1 aromatic heterocycles. The second-order valence-electron chi connectivity index (χ2n) is 5.19. The molecule has 0 saturated heterocycles. The van der Waals surface area contributed by atoms with E-state index in [0.29, 0.717) is 12.1 Å². The number of hydrogen-bond donors (Lipinski definition) is 0. The minimum Gasteiger partial charge on any atom is -0.258 e. The lowest BCUT2D eigenvalue weighted by Crippen LogP contribution is -2.00. The Balaban J connectivity index is 2.58. The SMILES string of the molecule is Cc1cccc(-n2nc(CC(C)C)c([N+](=O)[O-])c2Cl)c1. The number of hydrogen-bond acceptors (Lipinski definition) is 3. The molecule has 0 aliphatic heterocycles. The first-order valence-electron chi connectivity index (χ1n) is 6.39. The summed E-state index contributed by atoms with van der Waals surface area (Å²) in [4.78, 5) is 10.7. The number of nitro groups is 1. The Labute approximate surface area is 122 Å². The van der Waals surface area contributed by atoms with Crippen LogP contribution in [0, 0.1) is 23.0 Å². The molecule has 0 saturated carbocycles. The summed E-state index contributed by atoms with van der Waals surface area (Å²) < 4.78 is 1.43. The molecule has 0 fully saturated rings. The van der Waals surface area contributed by atoms with Gasteiger partial charge in [0.25, 0.3) is 0 Å². The predicted molar refractivity (Wildman–Crippen MR) is 78.5 cm³/mol. The summed E-state index contributed by atoms with van der Waals surface area (Å²) in [5.74, 6) is 0.269. The average molecular weight is 294 g/mol. The van der Waals surface area contributed by atoms with Crippen LogP contribution in [-0.2, 0) is 6.42 Å². The zero-order chi connectivity index (χ0) is 14.9. The summed E-state index contributed by atoms with van der Waals surface area (Å²) in [6, 6.07) is 7.54. The van der Waals surface area contributed by atoms with Gasteiger partial charge < -0.3 is 0 Å². The number of nitrogens with zero attached hydrogens (tertiary/aromatic N) is 3. The molecule has 6 heteroatoms. The van der Waals surface area contributed by atoms with Crippen LogP contribution < -0.4 is 0 Å². The zero-order valence-electron chi connectivity index (χ0n) is 11.6. The van der Waals surface area contributed by atoms with Crippen LogP contribution >= 0.6 is 11.6 Å². The van der Waals surface area contributed by atoms with E-state index in [4.69, 9.17) is 11.6 Å². The van der Waals surface area contributed by atoms with Gasteiger partial charge in [-0.1, -0.05) is 37.6 Å². The van der Waals surface area contributed by atoms with Gasteiger partial charge in [-0.25, -0.2) is 4.68 Å². The van der Waals surface area contributed by atoms with E-state index in [1.54, 1.807) is 0 Å². The van der Waals surface area contributed by atoms with Crippen LogP contribution in [0.3, 0.4) is 0 Å². The van der Waals surface area contributed by atoms with Crippen molar-refractivity contribution in [2.45, 2.75) is 27.2 Å². The van der Waals surface area contributed by atoms with Crippen LogP contribution in [0.4, 0.5) is 5.69 Å². The molecule has 2 rings (SSSR count). The third-order valence-electron chi connectivity index (χ3n) is 2.91. The first-order valence-corrected chi connectivity index (χ1v) is 6.76. The molecule has 0 amide bonds. The average Bonchev–Trinajstić information content (AvgIpc) is 2.65. The van der Waals surface area contributed by atoms with Gasteiger partial charge in [-0.15, -0.1) is 0 Å². The smallest absolute Gasteiger partial charge is 0.258 e. The minimum absolute atomic E-state index is 0.0521.